The monoisotopic (exact) mass is 369 g/mol. The van der Waals surface area contributed by atoms with Crippen molar-refractivity contribution < 1.29 is 4.74 Å². The van der Waals surface area contributed by atoms with Crippen LogP contribution in [0.4, 0.5) is 0 Å². The van der Waals surface area contributed by atoms with Crippen molar-refractivity contribution in [3.8, 4) is 22.9 Å². The van der Waals surface area contributed by atoms with Gasteiger partial charge in [-0.1, -0.05) is 42.5 Å². The molecule has 114 valence electrons. The van der Waals surface area contributed by atoms with Crippen LogP contribution >= 0.6 is 33.2 Å². The topological polar surface area (TPSA) is 33.0 Å². The lowest BCUT2D eigenvalue weighted by Gasteiger charge is -2.14. The first kappa shape index (κ1) is 17.2. The van der Waals surface area contributed by atoms with Crippen LogP contribution in [-0.4, -0.2) is 12.6 Å². The van der Waals surface area contributed by atoms with Gasteiger partial charge in [0.1, 0.15) is 11.8 Å². The van der Waals surface area contributed by atoms with E-state index in [1.807, 2.05) is 42.5 Å². The van der Waals surface area contributed by atoms with Crippen molar-refractivity contribution in [1.82, 2.24) is 0 Å². The van der Waals surface area contributed by atoms with E-state index in [2.05, 4.69) is 6.07 Å². The molecule has 0 atom stereocenters. The number of halogens is 3. The molecular weight excluding hydrogens is 357 g/mol. The van der Waals surface area contributed by atoms with Crippen LogP contribution in [0.25, 0.3) is 11.1 Å². The summed E-state index contributed by atoms with van der Waals surface area (Å²) in [4.78, 5) is 0. The largest absolute Gasteiger partial charge is 0.492 e. The molecule has 0 heterocycles. The van der Waals surface area contributed by atoms with Gasteiger partial charge in [-0.15, -0.1) is 33.2 Å². The molecule has 0 spiro atoms. The first-order chi connectivity index (χ1) is 10.5. The van der Waals surface area contributed by atoms with Gasteiger partial charge in [0.25, 0.3) is 0 Å². The number of rotatable bonds is 6. The number of nitriles is 1. The number of ether oxygens (including phenoxy) is 1. The molecule has 2 aromatic carbocycles. The summed E-state index contributed by atoms with van der Waals surface area (Å²) < 4.78 is 5.83. The molecule has 0 aliphatic rings. The Morgan fingerprint density at radius 1 is 1.00 bits per heavy atom. The van der Waals surface area contributed by atoms with Crippen molar-refractivity contribution in [1.29, 1.82) is 5.26 Å². The van der Waals surface area contributed by atoms with Crippen molar-refractivity contribution in [2.24, 2.45) is 0 Å². The van der Waals surface area contributed by atoms with Gasteiger partial charge in [-0.2, -0.15) is 5.26 Å². The highest BCUT2D eigenvalue weighted by atomic mass is 35.8. The van der Waals surface area contributed by atoms with E-state index < -0.39 is 6.00 Å². The molecule has 0 radical (unpaired) electrons. The molecule has 2 rings (SSSR count). The van der Waals surface area contributed by atoms with Crippen LogP contribution in [-0.2, 0) is 0 Å². The van der Waals surface area contributed by atoms with Gasteiger partial charge < -0.3 is 4.74 Å². The van der Waals surface area contributed by atoms with E-state index in [0.717, 1.165) is 11.1 Å². The third kappa shape index (κ3) is 4.93. The van der Waals surface area contributed by atoms with Gasteiger partial charge in [-0.3, -0.25) is 0 Å². The van der Waals surface area contributed by atoms with Gasteiger partial charge in [0.05, 0.1) is 12.2 Å². The molecule has 0 aliphatic carbocycles. The molecule has 0 unspecified atom stereocenters. The lowest BCUT2D eigenvalue weighted by Crippen LogP contribution is -2.11. The molecule has 0 aliphatic heterocycles. The zero-order valence-electron chi connectivity index (χ0n) is 11.7. The second-order valence-electron chi connectivity index (χ2n) is 4.73. The van der Waals surface area contributed by atoms with E-state index in [1.165, 1.54) is 0 Å². The quantitative estimate of drug-likeness (QED) is 0.374. The zero-order chi connectivity index (χ0) is 16.0. The van der Waals surface area contributed by atoms with Gasteiger partial charge in [0, 0.05) is 5.56 Å². The number of benzene rings is 2. The minimum Gasteiger partial charge on any atom is -0.492 e. The molecule has 0 bridgehead atoms. The van der Waals surface area contributed by atoms with Crippen LogP contribution in [0.2, 0.25) is 6.04 Å². The summed E-state index contributed by atoms with van der Waals surface area (Å²) in [6.07, 6.45) is 0.650. The molecule has 0 amide bonds. The van der Waals surface area contributed by atoms with Crippen LogP contribution in [0.1, 0.15) is 12.0 Å². The third-order valence-corrected chi connectivity index (χ3v) is 5.69. The van der Waals surface area contributed by atoms with Crippen molar-refractivity contribution in [3.63, 3.8) is 0 Å². The second-order valence-corrected chi connectivity index (χ2v) is 14.0. The van der Waals surface area contributed by atoms with Crippen LogP contribution in [0.3, 0.4) is 0 Å². The minimum atomic E-state index is -2.62. The summed E-state index contributed by atoms with van der Waals surface area (Å²) in [5.41, 5.74) is 2.41. The number of para-hydroxylation sites is 1. The third-order valence-electron chi connectivity index (χ3n) is 3.07. The predicted molar refractivity (Wildman–Crippen MR) is 94.8 cm³/mol. The van der Waals surface area contributed by atoms with E-state index in [4.69, 9.17) is 38.0 Å². The van der Waals surface area contributed by atoms with Crippen molar-refractivity contribution in [3.05, 3.63) is 54.1 Å². The molecule has 6 heteroatoms. The van der Waals surface area contributed by atoms with E-state index in [0.29, 0.717) is 30.4 Å². The summed E-state index contributed by atoms with van der Waals surface area (Å²) >= 11 is 17.6. The van der Waals surface area contributed by atoms with Crippen molar-refractivity contribution >= 4 is 39.2 Å². The highest BCUT2D eigenvalue weighted by Crippen LogP contribution is 2.33. The highest BCUT2D eigenvalue weighted by molar-refractivity contribution is 7.64. The zero-order valence-corrected chi connectivity index (χ0v) is 15.0. The molecular formula is C16H14Cl3NOSi. The first-order valence-electron chi connectivity index (χ1n) is 6.79. The van der Waals surface area contributed by atoms with Gasteiger partial charge in [-0.05, 0) is 24.1 Å². The molecule has 0 fully saturated rings. The molecule has 22 heavy (non-hydrogen) atoms. The number of hydrogen-bond acceptors (Lipinski definition) is 2. The minimum absolute atomic E-state index is 0.416. The molecule has 0 N–H and O–H groups in total. The lowest BCUT2D eigenvalue weighted by molar-refractivity contribution is 0.317. The Balaban J connectivity index is 2.20. The standard InChI is InChI=1S/C16H14Cl3NOSi/c17-22(18,19)11-5-10-21-16-14(12-20)8-4-9-15(16)13-6-2-1-3-7-13/h1-4,6-9H,5,10-11H2. The van der Waals surface area contributed by atoms with Gasteiger partial charge >= 0.3 is 6.00 Å². The second kappa shape index (κ2) is 7.89. The summed E-state index contributed by atoms with van der Waals surface area (Å²) in [5, 5.41) is 9.29. The smallest absolute Gasteiger partial charge is 0.341 e. The fourth-order valence-corrected chi connectivity index (χ4v) is 3.82. The average Bonchev–Trinajstić information content (AvgIpc) is 2.51. The summed E-state index contributed by atoms with van der Waals surface area (Å²) in [6.45, 7) is 0.416. The Bertz CT molecular complexity index is 665. The predicted octanol–water partition coefficient (Wildman–Crippen LogP) is 5.65. The Morgan fingerprint density at radius 2 is 1.73 bits per heavy atom. The van der Waals surface area contributed by atoms with E-state index >= 15 is 0 Å². The molecule has 0 saturated carbocycles. The Morgan fingerprint density at radius 3 is 2.36 bits per heavy atom. The highest BCUT2D eigenvalue weighted by Gasteiger charge is 2.24. The normalized spacial score (nSPS) is 11.0. The molecule has 0 saturated heterocycles. The van der Waals surface area contributed by atoms with Crippen molar-refractivity contribution in [2.45, 2.75) is 12.5 Å². The lowest BCUT2D eigenvalue weighted by atomic mass is 10.0. The van der Waals surface area contributed by atoms with E-state index in [9.17, 15) is 5.26 Å². The molecule has 2 aromatic rings. The summed E-state index contributed by atoms with van der Waals surface area (Å²) in [7, 11) is 0. The Labute approximate surface area is 145 Å². The molecule has 0 aromatic heterocycles. The maximum Gasteiger partial charge on any atom is 0.341 e. The fraction of sp³-hybridized carbons (Fsp3) is 0.188. The average molecular weight is 371 g/mol. The van der Waals surface area contributed by atoms with Gasteiger partial charge in [-0.25, -0.2) is 0 Å². The van der Waals surface area contributed by atoms with Crippen molar-refractivity contribution in [2.75, 3.05) is 6.61 Å². The Kier molecular flexibility index (Phi) is 6.16. The fourth-order valence-electron chi connectivity index (χ4n) is 2.07. The first-order valence-corrected chi connectivity index (χ1v) is 12.0. The van der Waals surface area contributed by atoms with Crippen LogP contribution in [0.15, 0.2) is 48.5 Å². The van der Waals surface area contributed by atoms with Crippen LogP contribution < -0.4 is 4.74 Å². The van der Waals surface area contributed by atoms with E-state index in [1.54, 1.807) is 6.07 Å². The van der Waals surface area contributed by atoms with Crippen LogP contribution in [0, 0.1) is 11.3 Å². The summed E-state index contributed by atoms with van der Waals surface area (Å²) in [5.74, 6) is 0.585. The van der Waals surface area contributed by atoms with Crippen LogP contribution in [0.5, 0.6) is 5.75 Å². The molecule has 2 nitrogen and oxygen atoms in total. The Hall–Kier alpha value is -1.18. The van der Waals surface area contributed by atoms with E-state index in [-0.39, 0.29) is 0 Å². The maximum absolute atomic E-state index is 9.29. The number of hydrogen-bond donors (Lipinski definition) is 0. The van der Waals surface area contributed by atoms with Gasteiger partial charge in [0.2, 0.25) is 0 Å². The van der Waals surface area contributed by atoms with Gasteiger partial charge in [0.15, 0.2) is 0 Å². The number of nitrogens with zero attached hydrogens (tertiary/aromatic N) is 1. The SMILES string of the molecule is N#Cc1cccc(-c2ccccc2)c1OCCC[Si](Cl)(Cl)Cl. The maximum atomic E-state index is 9.29. The summed E-state index contributed by atoms with van der Waals surface area (Å²) in [6, 6.07) is 15.4.